The summed E-state index contributed by atoms with van der Waals surface area (Å²) in [5.74, 6) is 0.0110. The second kappa shape index (κ2) is 7.27. The average molecular weight is 360 g/mol. The predicted octanol–water partition coefficient (Wildman–Crippen LogP) is 2.00. The molecule has 8 heteroatoms. The number of sulfonamides is 1. The number of amides is 1. The van der Waals surface area contributed by atoms with Crippen molar-refractivity contribution in [3.63, 3.8) is 0 Å². The van der Waals surface area contributed by atoms with Crippen molar-refractivity contribution < 1.29 is 13.2 Å². The summed E-state index contributed by atoms with van der Waals surface area (Å²) in [5.41, 5.74) is 0.962. The van der Waals surface area contributed by atoms with Gasteiger partial charge in [-0.05, 0) is 40.5 Å². The molecule has 6 nitrogen and oxygen atoms in total. The molecule has 0 aliphatic carbocycles. The third kappa shape index (κ3) is 4.30. The van der Waals surface area contributed by atoms with Crippen molar-refractivity contribution in [3.05, 3.63) is 15.6 Å². The van der Waals surface area contributed by atoms with Crippen LogP contribution in [0.5, 0.6) is 0 Å². The van der Waals surface area contributed by atoms with Crippen molar-refractivity contribution in [2.24, 2.45) is 5.92 Å². The van der Waals surface area contributed by atoms with Gasteiger partial charge < -0.3 is 5.32 Å². The molecule has 1 saturated heterocycles. The summed E-state index contributed by atoms with van der Waals surface area (Å²) in [4.78, 5) is 17.9. The lowest BCUT2D eigenvalue weighted by Gasteiger charge is -2.30. The third-order valence-electron chi connectivity index (χ3n) is 4.27. The van der Waals surface area contributed by atoms with Crippen LogP contribution in [0, 0.1) is 19.8 Å². The molecule has 0 bridgehead atoms. The highest BCUT2D eigenvalue weighted by Crippen LogP contribution is 2.26. The first-order chi connectivity index (χ1) is 10.7. The van der Waals surface area contributed by atoms with E-state index >= 15 is 0 Å². The molecule has 1 fully saturated rings. The summed E-state index contributed by atoms with van der Waals surface area (Å²) < 4.78 is 25.2. The van der Waals surface area contributed by atoms with Crippen LogP contribution in [0.25, 0.3) is 0 Å². The Morgan fingerprint density at radius 2 is 2.00 bits per heavy atom. The molecule has 2 heterocycles. The highest BCUT2D eigenvalue weighted by Gasteiger charge is 2.30. The molecule has 0 radical (unpaired) electrons. The molecule has 23 heavy (non-hydrogen) atoms. The maximum atomic E-state index is 12.4. The first-order valence-electron chi connectivity index (χ1n) is 7.96. The van der Waals surface area contributed by atoms with E-state index in [9.17, 15) is 13.2 Å². The third-order valence-corrected chi connectivity index (χ3v) is 7.41. The minimum absolute atomic E-state index is 0.0106. The Labute approximate surface area is 142 Å². The highest BCUT2D eigenvalue weighted by atomic mass is 32.2. The van der Waals surface area contributed by atoms with Gasteiger partial charge in [-0.2, -0.15) is 0 Å². The number of carbonyl (C=O) groups excluding carboxylic acids is 1. The van der Waals surface area contributed by atoms with Gasteiger partial charge in [-0.3, -0.25) is 4.79 Å². The number of thiazole rings is 1. The second-order valence-corrected chi connectivity index (χ2v) is 9.48. The van der Waals surface area contributed by atoms with Crippen molar-refractivity contribution >= 4 is 27.3 Å². The first-order valence-corrected chi connectivity index (χ1v) is 10.4. The summed E-state index contributed by atoms with van der Waals surface area (Å²) in [6.07, 6.45) is 1.16. The first kappa shape index (κ1) is 18.4. The maximum absolute atomic E-state index is 12.4. The summed E-state index contributed by atoms with van der Waals surface area (Å²) in [6.45, 7) is 8.39. The Kier molecular flexibility index (Phi) is 5.80. The number of nitrogens with one attached hydrogen (secondary N) is 1. The van der Waals surface area contributed by atoms with Crippen LogP contribution in [0.4, 0.5) is 0 Å². The highest BCUT2D eigenvalue weighted by molar-refractivity contribution is 7.89. The van der Waals surface area contributed by atoms with Gasteiger partial charge >= 0.3 is 0 Å². The summed E-state index contributed by atoms with van der Waals surface area (Å²) in [7, 11) is -3.14. The summed E-state index contributed by atoms with van der Waals surface area (Å²) in [6, 6.07) is -0.0638. The van der Waals surface area contributed by atoms with Crippen molar-refractivity contribution in [2.75, 3.05) is 18.8 Å². The minimum Gasteiger partial charge on any atom is -0.348 e. The smallest absolute Gasteiger partial charge is 0.223 e. The van der Waals surface area contributed by atoms with Crippen LogP contribution < -0.4 is 5.32 Å². The molecule has 0 aromatic carbocycles. The fourth-order valence-electron chi connectivity index (χ4n) is 2.92. The fourth-order valence-corrected chi connectivity index (χ4v) is 4.99. The number of piperidine rings is 1. The molecule has 130 valence electrons. The normalized spacial score (nSPS) is 18.8. The van der Waals surface area contributed by atoms with E-state index in [2.05, 4.69) is 10.3 Å². The van der Waals surface area contributed by atoms with Gasteiger partial charge in [0.25, 0.3) is 0 Å². The standard InChI is InChI=1S/C15H25N3O3S2/c1-5-23(20,21)18-8-6-13(7-9-18)15(19)17-11(3)14-10(2)16-12(4)22-14/h11,13H,5-9H2,1-4H3,(H,17,19)/t11-/m1/s1. The summed E-state index contributed by atoms with van der Waals surface area (Å²) in [5, 5.41) is 4.05. The van der Waals surface area contributed by atoms with Gasteiger partial charge in [0.15, 0.2) is 0 Å². The van der Waals surface area contributed by atoms with Crippen LogP contribution in [-0.2, 0) is 14.8 Å². The SMILES string of the molecule is CCS(=O)(=O)N1CCC(C(=O)N[C@H](C)c2sc(C)nc2C)CC1. The van der Waals surface area contributed by atoms with Gasteiger partial charge in [-0.1, -0.05) is 0 Å². The Bertz CT molecular complexity index is 662. The van der Waals surface area contributed by atoms with E-state index in [0.717, 1.165) is 15.6 Å². The number of aromatic nitrogens is 1. The zero-order chi connectivity index (χ0) is 17.2. The van der Waals surface area contributed by atoms with E-state index in [0.29, 0.717) is 25.9 Å². The summed E-state index contributed by atoms with van der Waals surface area (Å²) >= 11 is 1.60. The monoisotopic (exact) mass is 359 g/mol. The molecule has 1 N–H and O–H groups in total. The van der Waals surface area contributed by atoms with E-state index in [1.165, 1.54) is 4.31 Å². The molecule has 1 aliphatic rings. The lowest BCUT2D eigenvalue weighted by Crippen LogP contribution is -2.43. The van der Waals surface area contributed by atoms with Gasteiger partial charge in [-0.15, -0.1) is 11.3 Å². The van der Waals surface area contributed by atoms with Crippen LogP contribution in [0.1, 0.15) is 48.3 Å². The molecule has 1 aromatic heterocycles. The molecule has 1 atom stereocenters. The van der Waals surface area contributed by atoms with Gasteiger partial charge in [0.1, 0.15) is 0 Å². The molecule has 1 amide bonds. The second-order valence-electron chi connectivity index (χ2n) is 5.99. The number of aryl methyl sites for hydroxylation is 2. The number of rotatable bonds is 5. The average Bonchev–Trinajstić information content (AvgIpc) is 2.86. The van der Waals surface area contributed by atoms with E-state index < -0.39 is 10.0 Å². The van der Waals surface area contributed by atoms with Crippen LogP contribution >= 0.6 is 11.3 Å². The van der Waals surface area contributed by atoms with Crippen molar-refractivity contribution in [1.29, 1.82) is 0 Å². The van der Waals surface area contributed by atoms with Gasteiger partial charge in [0.05, 0.1) is 22.5 Å². The van der Waals surface area contributed by atoms with Crippen molar-refractivity contribution in [3.8, 4) is 0 Å². The zero-order valence-electron chi connectivity index (χ0n) is 14.1. The number of hydrogen-bond donors (Lipinski definition) is 1. The van der Waals surface area contributed by atoms with Crippen LogP contribution in [0.2, 0.25) is 0 Å². The Hall–Kier alpha value is -0.990. The molecule has 1 aliphatic heterocycles. The Morgan fingerprint density at radius 3 is 2.48 bits per heavy atom. The molecular weight excluding hydrogens is 334 g/mol. The molecule has 2 rings (SSSR count). The van der Waals surface area contributed by atoms with Crippen LogP contribution in [0.3, 0.4) is 0 Å². The zero-order valence-corrected chi connectivity index (χ0v) is 15.8. The number of hydrogen-bond acceptors (Lipinski definition) is 5. The lowest BCUT2D eigenvalue weighted by molar-refractivity contribution is -0.126. The van der Waals surface area contributed by atoms with E-state index in [1.807, 2.05) is 20.8 Å². The van der Waals surface area contributed by atoms with Crippen LogP contribution in [-0.4, -0.2) is 42.5 Å². The number of nitrogens with zero attached hydrogens (tertiary/aromatic N) is 2. The van der Waals surface area contributed by atoms with E-state index in [-0.39, 0.29) is 23.6 Å². The Morgan fingerprint density at radius 1 is 1.39 bits per heavy atom. The lowest BCUT2D eigenvalue weighted by atomic mass is 9.97. The molecule has 0 spiro atoms. The largest absolute Gasteiger partial charge is 0.348 e. The molecule has 1 aromatic rings. The Balaban J connectivity index is 1.92. The van der Waals surface area contributed by atoms with Gasteiger partial charge in [0.2, 0.25) is 15.9 Å². The number of carbonyl (C=O) groups is 1. The minimum atomic E-state index is -3.14. The van der Waals surface area contributed by atoms with Gasteiger partial charge in [0, 0.05) is 23.9 Å². The molecule has 0 saturated carbocycles. The van der Waals surface area contributed by atoms with Crippen LogP contribution in [0.15, 0.2) is 0 Å². The topological polar surface area (TPSA) is 79.4 Å². The maximum Gasteiger partial charge on any atom is 0.223 e. The van der Waals surface area contributed by atoms with Gasteiger partial charge in [-0.25, -0.2) is 17.7 Å². The van der Waals surface area contributed by atoms with Crippen molar-refractivity contribution in [1.82, 2.24) is 14.6 Å². The fraction of sp³-hybridized carbons (Fsp3) is 0.733. The van der Waals surface area contributed by atoms with Crippen molar-refractivity contribution in [2.45, 2.75) is 46.6 Å². The van der Waals surface area contributed by atoms with E-state index in [4.69, 9.17) is 0 Å². The quantitative estimate of drug-likeness (QED) is 0.872. The molecular formula is C15H25N3O3S2. The predicted molar refractivity (Wildman–Crippen MR) is 91.9 cm³/mol. The molecule has 0 unspecified atom stereocenters. The van der Waals surface area contributed by atoms with E-state index in [1.54, 1.807) is 18.3 Å².